The molecule has 0 spiro atoms. The maximum atomic E-state index is 12.0. The summed E-state index contributed by atoms with van der Waals surface area (Å²) in [6.07, 6.45) is 2.00. The highest BCUT2D eigenvalue weighted by Crippen LogP contribution is 2.21. The van der Waals surface area contributed by atoms with Gasteiger partial charge >= 0.3 is 0 Å². The van der Waals surface area contributed by atoms with Crippen LogP contribution in [0.1, 0.15) is 26.7 Å². The van der Waals surface area contributed by atoms with Crippen LogP contribution in [0.25, 0.3) is 0 Å². The first-order chi connectivity index (χ1) is 7.95. The lowest BCUT2D eigenvalue weighted by Crippen LogP contribution is -2.40. The molecule has 17 heavy (non-hydrogen) atoms. The molecule has 1 aliphatic heterocycles. The standard InChI is InChI=1S/C11H22BrNO3S/c1-10(2)16-7-8-17(14,15)13-5-3-11(9-12)4-6-13/h10-11H,3-9H2,1-2H3. The van der Waals surface area contributed by atoms with E-state index in [0.717, 1.165) is 18.2 Å². The molecule has 0 aliphatic carbocycles. The fourth-order valence-corrected chi connectivity index (χ4v) is 3.84. The summed E-state index contributed by atoms with van der Waals surface area (Å²) in [5.41, 5.74) is 0. The summed E-state index contributed by atoms with van der Waals surface area (Å²) in [4.78, 5) is 0. The molecule has 1 aliphatic rings. The number of nitrogens with zero attached hydrogens (tertiary/aromatic N) is 1. The van der Waals surface area contributed by atoms with Crippen molar-refractivity contribution >= 4 is 26.0 Å². The Kier molecular flexibility index (Phi) is 6.40. The molecule has 0 amide bonds. The van der Waals surface area contributed by atoms with Gasteiger partial charge in [-0.25, -0.2) is 12.7 Å². The van der Waals surface area contributed by atoms with E-state index in [4.69, 9.17) is 4.74 Å². The Balaban J connectivity index is 2.38. The topological polar surface area (TPSA) is 46.6 Å². The van der Waals surface area contributed by atoms with Crippen LogP contribution in [-0.2, 0) is 14.8 Å². The number of rotatable bonds is 6. The quantitative estimate of drug-likeness (QED) is 0.699. The van der Waals surface area contributed by atoms with Crippen LogP contribution >= 0.6 is 15.9 Å². The van der Waals surface area contributed by atoms with Crippen LogP contribution in [0.4, 0.5) is 0 Å². The molecule has 0 atom stereocenters. The number of hydrogen-bond donors (Lipinski definition) is 0. The van der Waals surface area contributed by atoms with E-state index in [9.17, 15) is 8.42 Å². The first kappa shape index (κ1) is 15.4. The summed E-state index contributed by atoms with van der Waals surface area (Å²) in [5.74, 6) is 0.720. The normalized spacial score (nSPS) is 20.0. The lowest BCUT2D eigenvalue weighted by Gasteiger charge is -2.30. The molecule has 0 aromatic rings. The van der Waals surface area contributed by atoms with Crippen molar-refractivity contribution in [3.05, 3.63) is 0 Å². The third-order valence-corrected chi connectivity index (χ3v) is 5.73. The smallest absolute Gasteiger partial charge is 0.216 e. The van der Waals surface area contributed by atoms with Gasteiger partial charge in [-0.15, -0.1) is 0 Å². The van der Waals surface area contributed by atoms with Gasteiger partial charge < -0.3 is 4.74 Å². The minimum atomic E-state index is -3.12. The number of piperidine rings is 1. The molecule has 102 valence electrons. The summed E-state index contributed by atoms with van der Waals surface area (Å²) in [6.45, 7) is 5.42. The van der Waals surface area contributed by atoms with Gasteiger partial charge in [-0.2, -0.15) is 0 Å². The highest BCUT2D eigenvalue weighted by Gasteiger charge is 2.27. The molecule has 0 radical (unpaired) electrons. The average Bonchev–Trinajstić information content (AvgIpc) is 2.28. The van der Waals surface area contributed by atoms with Gasteiger partial charge in [0.05, 0.1) is 18.5 Å². The number of ether oxygens (including phenoxy) is 1. The van der Waals surface area contributed by atoms with Gasteiger partial charge in [-0.3, -0.25) is 0 Å². The van der Waals surface area contributed by atoms with Gasteiger partial charge in [0.15, 0.2) is 0 Å². The van der Waals surface area contributed by atoms with Crippen LogP contribution in [0.3, 0.4) is 0 Å². The lowest BCUT2D eigenvalue weighted by atomic mass is 10.0. The molecule has 4 nitrogen and oxygen atoms in total. The Morgan fingerprint density at radius 2 is 1.94 bits per heavy atom. The van der Waals surface area contributed by atoms with Crippen molar-refractivity contribution in [2.24, 2.45) is 5.92 Å². The van der Waals surface area contributed by atoms with Crippen molar-refractivity contribution in [1.82, 2.24) is 4.31 Å². The first-order valence-electron chi connectivity index (χ1n) is 6.11. The van der Waals surface area contributed by atoms with E-state index in [2.05, 4.69) is 15.9 Å². The molecule has 0 N–H and O–H groups in total. The summed E-state index contributed by atoms with van der Waals surface area (Å²) in [6, 6.07) is 0. The molecule has 1 rings (SSSR count). The fourth-order valence-electron chi connectivity index (χ4n) is 1.86. The summed E-state index contributed by atoms with van der Waals surface area (Å²) in [5, 5.41) is 0.970. The van der Waals surface area contributed by atoms with Crippen LogP contribution in [0.15, 0.2) is 0 Å². The summed E-state index contributed by atoms with van der Waals surface area (Å²) < 4.78 is 30.9. The zero-order valence-electron chi connectivity index (χ0n) is 10.6. The molecule has 0 aromatic heterocycles. The predicted octanol–water partition coefficient (Wildman–Crippen LogP) is 1.85. The van der Waals surface area contributed by atoms with Crippen LogP contribution in [0.2, 0.25) is 0 Å². The molecular weight excluding hydrogens is 306 g/mol. The summed E-state index contributed by atoms with van der Waals surface area (Å²) >= 11 is 3.45. The third-order valence-electron chi connectivity index (χ3n) is 2.98. The number of sulfonamides is 1. The van der Waals surface area contributed by atoms with Crippen molar-refractivity contribution < 1.29 is 13.2 Å². The molecule has 1 saturated heterocycles. The SMILES string of the molecule is CC(C)OCCS(=O)(=O)N1CCC(CBr)CC1. The zero-order chi connectivity index (χ0) is 12.9. The van der Waals surface area contributed by atoms with Crippen LogP contribution in [0, 0.1) is 5.92 Å². The van der Waals surface area contributed by atoms with Crippen molar-refractivity contribution in [2.45, 2.75) is 32.8 Å². The van der Waals surface area contributed by atoms with E-state index in [1.54, 1.807) is 4.31 Å². The second kappa shape index (κ2) is 7.07. The maximum Gasteiger partial charge on any atom is 0.216 e. The van der Waals surface area contributed by atoms with Crippen molar-refractivity contribution in [3.8, 4) is 0 Å². The average molecular weight is 328 g/mol. The molecule has 0 saturated carbocycles. The molecule has 0 unspecified atom stereocenters. The van der Waals surface area contributed by atoms with Crippen LogP contribution < -0.4 is 0 Å². The Bertz CT molecular complexity index is 311. The van der Waals surface area contributed by atoms with Gasteiger partial charge in [0.1, 0.15) is 0 Å². The van der Waals surface area contributed by atoms with Gasteiger partial charge in [0, 0.05) is 18.4 Å². The minimum absolute atomic E-state index is 0.0873. The van der Waals surface area contributed by atoms with E-state index in [1.165, 1.54) is 0 Å². The molecular formula is C11H22BrNO3S. The first-order valence-corrected chi connectivity index (χ1v) is 8.84. The second-order valence-electron chi connectivity index (χ2n) is 4.73. The third kappa shape index (κ3) is 5.24. The van der Waals surface area contributed by atoms with Gasteiger partial charge in [0.2, 0.25) is 10.0 Å². The zero-order valence-corrected chi connectivity index (χ0v) is 13.0. The van der Waals surface area contributed by atoms with Gasteiger partial charge in [-0.1, -0.05) is 15.9 Å². The number of halogens is 1. The Hall–Kier alpha value is 0.350. The molecule has 1 fully saturated rings. The lowest BCUT2D eigenvalue weighted by molar-refractivity contribution is 0.0905. The van der Waals surface area contributed by atoms with Crippen molar-refractivity contribution in [1.29, 1.82) is 0 Å². The van der Waals surface area contributed by atoms with Crippen molar-refractivity contribution in [2.75, 3.05) is 30.8 Å². The maximum absolute atomic E-state index is 12.0. The minimum Gasteiger partial charge on any atom is -0.378 e. The van der Waals surface area contributed by atoms with E-state index in [1.807, 2.05) is 13.8 Å². The largest absolute Gasteiger partial charge is 0.378 e. The highest BCUT2D eigenvalue weighted by molar-refractivity contribution is 9.09. The molecule has 6 heteroatoms. The molecule has 0 aromatic carbocycles. The van der Waals surface area contributed by atoms with E-state index >= 15 is 0 Å². The van der Waals surface area contributed by atoms with E-state index in [-0.39, 0.29) is 11.9 Å². The molecule has 1 heterocycles. The van der Waals surface area contributed by atoms with Crippen LogP contribution in [-0.4, -0.2) is 49.6 Å². The Morgan fingerprint density at radius 1 is 1.35 bits per heavy atom. The Labute approximate surface area is 113 Å². The predicted molar refractivity (Wildman–Crippen MR) is 73.0 cm³/mol. The van der Waals surface area contributed by atoms with E-state index < -0.39 is 10.0 Å². The van der Waals surface area contributed by atoms with Gasteiger partial charge in [-0.05, 0) is 32.6 Å². The highest BCUT2D eigenvalue weighted by atomic mass is 79.9. The Morgan fingerprint density at radius 3 is 2.41 bits per heavy atom. The van der Waals surface area contributed by atoms with Crippen LogP contribution in [0.5, 0.6) is 0 Å². The molecule has 0 bridgehead atoms. The van der Waals surface area contributed by atoms with Gasteiger partial charge in [0.25, 0.3) is 0 Å². The number of hydrogen-bond acceptors (Lipinski definition) is 3. The monoisotopic (exact) mass is 327 g/mol. The van der Waals surface area contributed by atoms with E-state index in [0.29, 0.717) is 25.6 Å². The second-order valence-corrected chi connectivity index (χ2v) is 7.47. The number of alkyl halides is 1. The fraction of sp³-hybridized carbons (Fsp3) is 1.00. The van der Waals surface area contributed by atoms with Crippen molar-refractivity contribution in [3.63, 3.8) is 0 Å². The summed E-state index contributed by atoms with van der Waals surface area (Å²) in [7, 11) is -3.12.